The van der Waals surface area contributed by atoms with E-state index in [1.54, 1.807) is 0 Å². The first-order chi connectivity index (χ1) is 5.77. The van der Waals surface area contributed by atoms with Crippen LogP contribution in [0.25, 0.3) is 0 Å². The maximum absolute atomic E-state index is 8.77. The van der Waals surface area contributed by atoms with Gasteiger partial charge in [0.2, 0.25) is 0 Å². The Morgan fingerprint density at radius 2 is 2.50 bits per heavy atom. The highest BCUT2D eigenvalue weighted by Crippen LogP contribution is 2.21. The minimum Gasteiger partial charge on any atom is -0.391 e. The lowest BCUT2D eigenvalue weighted by Crippen LogP contribution is -2.07. The fourth-order valence-electron chi connectivity index (χ4n) is 0.891. The molecule has 4 heteroatoms. The van der Waals surface area contributed by atoms with Gasteiger partial charge in [0.15, 0.2) is 0 Å². The van der Waals surface area contributed by atoms with Gasteiger partial charge >= 0.3 is 0 Å². The van der Waals surface area contributed by atoms with E-state index in [1.807, 2.05) is 17.5 Å². The van der Waals surface area contributed by atoms with Gasteiger partial charge in [-0.25, -0.2) is 0 Å². The lowest BCUT2D eigenvalue weighted by Gasteiger charge is -2.02. The van der Waals surface area contributed by atoms with E-state index in [0.717, 1.165) is 10.4 Å². The number of rotatable bonds is 3. The van der Waals surface area contributed by atoms with Gasteiger partial charge in [0, 0.05) is 10.9 Å². The molecule has 64 valence electrons. The Labute approximate surface area is 75.1 Å². The quantitative estimate of drug-likeness (QED) is 0.736. The predicted octanol–water partition coefficient (Wildman–Crippen LogP) is 1.15. The van der Waals surface area contributed by atoms with Crippen molar-refractivity contribution < 1.29 is 5.11 Å². The van der Waals surface area contributed by atoms with Crippen molar-refractivity contribution in [2.24, 2.45) is 5.73 Å². The smallest absolute Gasteiger partial charge is 0.0774 e. The summed E-state index contributed by atoms with van der Waals surface area (Å²) in [7, 11) is 0. The molecule has 3 nitrogen and oxygen atoms in total. The standard InChI is InChI=1S/C8H10N2OS/c9-2-1-8(10)6-3-7(4-11)12-5-6/h3,5,8,11H,1,4,10H2/t8-/m0/s1. The van der Waals surface area contributed by atoms with E-state index in [4.69, 9.17) is 16.1 Å². The first kappa shape index (κ1) is 9.20. The third kappa shape index (κ3) is 2.05. The third-order valence-electron chi connectivity index (χ3n) is 1.57. The van der Waals surface area contributed by atoms with Gasteiger partial charge in [-0.05, 0) is 17.0 Å². The molecule has 0 radical (unpaired) electrons. The van der Waals surface area contributed by atoms with Crippen LogP contribution < -0.4 is 5.73 Å². The van der Waals surface area contributed by atoms with Crippen molar-refractivity contribution in [3.8, 4) is 6.07 Å². The Kier molecular flexibility index (Phi) is 3.23. The summed E-state index contributed by atoms with van der Waals surface area (Å²) in [6.07, 6.45) is 0.321. The summed E-state index contributed by atoms with van der Waals surface area (Å²) in [6, 6.07) is 3.63. The largest absolute Gasteiger partial charge is 0.391 e. The lowest BCUT2D eigenvalue weighted by atomic mass is 10.1. The third-order valence-corrected chi connectivity index (χ3v) is 2.51. The molecule has 0 unspecified atom stereocenters. The summed E-state index contributed by atoms with van der Waals surface area (Å²) in [4.78, 5) is 0.887. The Bertz CT molecular complexity index is 289. The number of aliphatic hydroxyl groups excluding tert-OH is 1. The van der Waals surface area contributed by atoms with Crippen LogP contribution in [0.4, 0.5) is 0 Å². The topological polar surface area (TPSA) is 70.0 Å². The number of aliphatic hydroxyl groups is 1. The van der Waals surface area contributed by atoms with Crippen molar-refractivity contribution in [1.82, 2.24) is 0 Å². The zero-order valence-electron chi connectivity index (χ0n) is 6.53. The molecule has 0 aliphatic heterocycles. The van der Waals surface area contributed by atoms with E-state index in [1.165, 1.54) is 11.3 Å². The van der Waals surface area contributed by atoms with Gasteiger partial charge in [-0.2, -0.15) is 5.26 Å². The van der Waals surface area contributed by atoms with Gasteiger partial charge < -0.3 is 10.8 Å². The summed E-state index contributed by atoms with van der Waals surface area (Å²) in [5.41, 5.74) is 6.61. The molecule has 0 spiro atoms. The molecule has 0 aromatic carbocycles. The Morgan fingerprint density at radius 1 is 1.75 bits per heavy atom. The maximum atomic E-state index is 8.77. The molecular weight excluding hydrogens is 172 g/mol. The van der Waals surface area contributed by atoms with Gasteiger partial charge in [-0.1, -0.05) is 0 Å². The molecule has 12 heavy (non-hydrogen) atoms. The van der Waals surface area contributed by atoms with Crippen LogP contribution in [0.1, 0.15) is 22.9 Å². The van der Waals surface area contributed by atoms with Gasteiger partial charge in [0.25, 0.3) is 0 Å². The van der Waals surface area contributed by atoms with E-state index in [2.05, 4.69) is 0 Å². The number of hydrogen-bond acceptors (Lipinski definition) is 4. The molecule has 0 aliphatic rings. The van der Waals surface area contributed by atoms with Crippen LogP contribution in [0.5, 0.6) is 0 Å². The van der Waals surface area contributed by atoms with Crippen molar-refractivity contribution in [2.45, 2.75) is 19.1 Å². The van der Waals surface area contributed by atoms with Crippen LogP contribution >= 0.6 is 11.3 Å². The molecule has 0 bridgehead atoms. The summed E-state index contributed by atoms with van der Waals surface area (Å²) < 4.78 is 0. The number of thiophene rings is 1. The van der Waals surface area contributed by atoms with E-state index in [-0.39, 0.29) is 12.6 Å². The number of nitrogens with two attached hydrogens (primary N) is 1. The molecule has 1 heterocycles. The van der Waals surface area contributed by atoms with Gasteiger partial charge in [-0.3, -0.25) is 0 Å². The second-order valence-electron chi connectivity index (χ2n) is 2.47. The maximum Gasteiger partial charge on any atom is 0.0774 e. The molecular formula is C8H10N2OS. The molecule has 1 aromatic heterocycles. The van der Waals surface area contributed by atoms with Crippen molar-refractivity contribution in [3.63, 3.8) is 0 Å². The summed E-state index contributed by atoms with van der Waals surface area (Å²) in [5.74, 6) is 0. The Hall–Kier alpha value is -0.890. The van der Waals surface area contributed by atoms with Crippen LogP contribution in [0, 0.1) is 11.3 Å². The molecule has 0 amide bonds. The minimum absolute atomic E-state index is 0.0456. The van der Waals surface area contributed by atoms with Crippen LogP contribution in [-0.4, -0.2) is 5.11 Å². The van der Waals surface area contributed by atoms with Crippen LogP contribution in [-0.2, 0) is 6.61 Å². The molecule has 3 N–H and O–H groups in total. The van der Waals surface area contributed by atoms with E-state index >= 15 is 0 Å². The minimum atomic E-state index is -0.216. The first-order valence-corrected chi connectivity index (χ1v) is 4.46. The van der Waals surface area contributed by atoms with E-state index in [0.29, 0.717) is 6.42 Å². The van der Waals surface area contributed by atoms with Gasteiger partial charge in [0.1, 0.15) is 0 Å². The molecule has 0 aliphatic carbocycles. The van der Waals surface area contributed by atoms with Crippen molar-refractivity contribution in [3.05, 3.63) is 21.9 Å². The van der Waals surface area contributed by atoms with Crippen LogP contribution in [0.2, 0.25) is 0 Å². The summed E-state index contributed by atoms with van der Waals surface area (Å²) >= 11 is 1.46. The number of nitrogens with zero attached hydrogens (tertiary/aromatic N) is 1. The molecule has 1 atom stereocenters. The number of hydrogen-bond donors (Lipinski definition) is 2. The van der Waals surface area contributed by atoms with Crippen molar-refractivity contribution in [2.75, 3.05) is 0 Å². The highest BCUT2D eigenvalue weighted by atomic mass is 32.1. The van der Waals surface area contributed by atoms with Crippen molar-refractivity contribution >= 4 is 11.3 Å². The van der Waals surface area contributed by atoms with E-state index in [9.17, 15) is 0 Å². The SMILES string of the molecule is N#CC[C@H](N)c1csc(CO)c1. The first-order valence-electron chi connectivity index (χ1n) is 3.58. The van der Waals surface area contributed by atoms with Crippen LogP contribution in [0.15, 0.2) is 11.4 Å². The zero-order chi connectivity index (χ0) is 8.97. The molecule has 0 saturated carbocycles. The Balaban J connectivity index is 2.69. The normalized spacial score (nSPS) is 12.4. The monoisotopic (exact) mass is 182 g/mol. The molecule has 1 aromatic rings. The zero-order valence-corrected chi connectivity index (χ0v) is 7.34. The Morgan fingerprint density at radius 3 is 3.00 bits per heavy atom. The average molecular weight is 182 g/mol. The van der Waals surface area contributed by atoms with Gasteiger partial charge in [-0.15, -0.1) is 11.3 Å². The molecule has 1 rings (SSSR count). The second kappa shape index (κ2) is 4.21. The molecule has 0 saturated heterocycles. The second-order valence-corrected chi connectivity index (χ2v) is 3.47. The average Bonchev–Trinajstić information content (AvgIpc) is 2.52. The highest BCUT2D eigenvalue weighted by molar-refractivity contribution is 7.10. The number of nitriles is 1. The predicted molar refractivity (Wildman–Crippen MR) is 47.4 cm³/mol. The van der Waals surface area contributed by atoms with Gasteiger partial charge in [0.05, 0.1) is 19.1 Å². The summed E-state index contributed by atoms with van der Waals surface area (Å²) in [6.45, 7) is 0.0456. The fourth-order valence-corrected chi connectivity index (χ4v) is 1.70. The molecule has 0 fully saturated rings. The van der Waals surface area contributed by atoms with Crippen LogP contribution in [0.3, 0.4) is 0 Å². The fraction of sp³-hybridized carbons (Fsp3) is 0.375. The lowest BCUT2D eigenvalue weighted by molar-refractivity contribution is 0.285. The van der Waals surface area contributed by atoms with Crippen molar-refractivity contribution in [1.29, 1.82) is 5.26 Å². The van der Waals surface area contributed by atoms with E-state index < -0.39 is 0 Å². The summed E-state index contributed by atoms with van der Waals surface area (Å²) in [5, 5.41) is 19.0. The highest BCUT2D eigenvalue weighted by Gasteiger charge is 2.07.